The molecular weight excluding hydrogens is 286 g/mol. The van der Waals surface area contributed by atoms with E-state index < -0.39 is 4.92 Å². The summed E-state index contributed by atoms with van der Waals surface area (Å²) in [6, 6.07) is 7.96. The number of hydrogen-bond acceptors (Lipinski definition) is 7. The van der Waals surface area contributed by atoms with E-state index in [0.717, 1.165) is 0 Å². The van der Waals surface area contributed by atoms with E-state index in [1.54, 1.807) is 24.3 Å². The third kappa shape index (κ3) is 4.06. The fraction of sp³-hybridized carbons (Fsp3) is 0.214. The Hall–Kier alpha value is -2.87. The van der Waals surface area contributed by atoms with E-state index >= 15 is 0 Å². The number of nitrogens with one attached hydrogen (secondary N) is 2. The van der Waals surface area contributed by atoms with Crippen LogP contribution in [0.25, 0.3) is 0 Å². The van der Waals surface area contributed by atoms with Gasteiger partial charge in [-0.3, -0.25) is 10.1 Å². The number of benzene rings is 1. The molecule has 0 unspecified atom stereocenters. The molecule has 2 aromatic rings. The number of anilines is 2. The highest BCUT2D eigenvalue weighted by atomic mass is 16.6. The van der Waals surface area contributed by atoms with Crippen molar-refractivity contribution in [3.8, 4) is 5.75 Å². The predicted molar refractivity (Wildman–Crippen MR) is 83.6 cm³/mol. The third-order valence-electron chi connectivity index (χ3n) is 3.06. The normalized spacial score (nSPS) is 10.4. The number of hydrogen-bond donors (Lipinski definition) is 4. The molecule has 0 saturated heterocycles. The number of phenolic OH excluding ortho intramolecular Hbond substituents is 1. The highest BCUT2D eigenvalue weighted by Crippen LogP contribution is 2.22. The number of nitrogen functional groups attached to an aromatic ring is 1. The minimum Gasteiger partial charge on any atom is -0.508 e. The summed E-state index contributed by atoms with van der Waals surface area (Å²) in [4.78, 5) is 14.0. The number of nitrogens with two attached hydrogens (primary N) is 1. The van der Waals surface area contributed by atoms with Gasteiger partial charge < -0.3 is 21.5 Å². The average molecular weight is 303 g/mol. The van der Waals surface area contributed by atoms with E-state index in [2.05, 4.69) is 15.6 Å². The maximum atomic E-state index is 10.5. The molecule has 8 heteroatoms. The molecule has 116 valence electrons. The average Bonchev–Trinajstić information content (AvgIpc) is 2.50. The standard InChI is InChI=1S/C14H17N5O3/c15-12-2-1-3-13(20)11(12)9-16-6-7-17-14-5-4-10(8-18-14)19(21)22/h1-5,8,16,20H,6-7,9,15H2,(H,17,18). The van der Waals surface area contributed by atoms with Crippen LogP contribution in [0, 0.1) is 10.1 Å². The molecule has 0 spiro atoms. The van der Waals surface area contributed by atoms with E-state index in [4.69, 9.17) is 5.73 Å². The summed E-state index contributed by atoms with van der Waals surface area (Å²) in [5.41, 5.74) is 6.94. The first-order valence-corrected chi connectivity index (χ1v) is 6.69. The highest BCUT2D eigenvalue weighted by molar-refractivity contribution is 5.53. The van der Waals surface area contributed by atoms with Gasteiger partial charge in [-0.2, -0.15) is 0 Å². The van der Waals surface area contributed by atoms with Crippen molar-refractivity contribution in [2.24, 2.45) is 0 Å². The molecule has 8 nitrogen and oxygen atoms in total. The Kier molecular flexibility index (Phi) is 5.10. The zero-order valence-electron chi connectivity index (χ0n) is 11.8. The van der Waals surface area contributed by atoms with Crippen LogP contribution in [0.2, 0.25) is 0 Å². The Morgan fingerprint density at radius 3 is 2.73 bits per heavy atom. The summed E-state index contributed by atoms with van der Waals surface area (Å²) in [5.74, 6) is 0.729. The lowest BCUT2D eigenvalue weighted by atomic mass is 10.1. The van der Waals surface area contributed by atoms with Gasteiger partial charge in [0.25, 0.3) is 5.69 Å². The van der Waals surface area contributed by atoms with Crippen LogP contribution in [-0.4, -0.2) is 28.1 Å². The van der Waals surface area contributed by atoms with E-state index in [9.17, 15) is 15.2 Å². The topological polar surface area (TPSA) is 126 Å². The number of aromatic hydroxyl groups is 1. The molecule has 0 atom stereocenters. The molecule has 0 aliphatic heterocycles. The van der Waals surface area contributed by atoms with Crippen molar-refractivity contribution < 1.29 is 10.0 Å². The molecule has 0 radical (unpaired) electrons. The SMILES string of the molecule is Nc1cccc(O)c1CNCCNc1ccc([N+](=O)[O-])cn1. The van der Waals surface area contributed by atoms with E-state index in [-0.39, 0.29) is 11.4 Å². The van der Waals surface area contributed by atoms with Crippen LogP contribution in [0.5, 0.6) is 5.75 Å². The lowest BCUT2D eigenvalue weighted by molar-refractivity contribution is -0.385. The first kappa shape index (κ1) is 15.5. The zero-order valence-corrected chi connectivity index (χ0v) is 11.8. The van der Waals surface area contributed by atoms with Crippen LogP contribution < -0.4 is 16.4 Å². The van der Waals surface area contributed by atoms with Crippen LogP contribution in [0.3, 0.4) is 0 Å². The molecule has 0 fully saturated rings. The molecular formula is C14H17N5O3. The van der Waals surface area contributed by atoms with Gasteiger partial charge in [0.2, 0.25) is 0 Å². The molecule has 2 rings (SSSR count). The Balaban J connectivity index is 1.74. The van der Waals surface area contributed by atoms with Gasteiger partial charge in [-0.25, -0.2) is 4.98 Å². The Morgan fingerprint density at radius 1 is 1.27 bits per heavy atom. The van der Waals surface area contributed by atoms with Gasteiger partial charge in [0.15, 0.2) is 0 Å². The lowest BCUT2D eigenvalue weighted by Crippen LogP contribution is -2.22. The summed E-state index contributed by atoms with van der Waals surface area (Å²) in [6.07, 6.45) is 1.21. The molecule has 0 amide bonds. The number of rotatable bonds is 7. The van der Waals surface area contributed by atoms with Gasteiger partial charge in [0.05, 0.1) is 4.92 Å². The van der Waals surface area contributed by atoms with Crippen molar-refractivity contribution >= 4 is 17.2 Å². The van der Waals surface area contributed by atoms with Crippen molar-refractivity contribution in [3.63, 3.8) is 0 Å². The summed E-state index contributed by atoms with van der Waals surface area (Å²) in [5, 5.41) is 26.4. The van der Waals surface area contributed by atoms with Crippen molar-refractivity contribution in [1.82, 2.24) is 10.3 Å². The highest BCUT2D eigenvalue weighted by Gasteiger charge is 2.05. The minimum atomic E-state index is -0.491. The van der Waals surface area contributed by atoms with Crippen molar-refractivity contribution in [3.05, 3.63) is 52.2 Å². The molecule has 1 aromatic carbocycles. The molecule has 0 aliphatic rings. The first-order valence-electron chi connectivity index (χ1n) is 6.69. The number of phenols is 1. The minimum absolute atomic E-state index is 0.0429. The molecule has 0 bridgehead atoms. The fourth-order valence-corrected chi connectivity index (χ4v) is 1.88. The van der Waals surface area contributed by atoms with Crippen molar-refractivity contribution in [2.75, 3.05) is 24.1 Å². The van der Waals surface area contributed by atoms with Gasteiger partial charge in [0, 0.05) is 37.0 Å². The molecule has 5 N–H and O–H groups in total. The molecule has 1 aromatic heterocycles. The van der Waals surface area contributed by atoms with Crippen LogP contribution >= 0.6 is 0 Å². The van der Waals surface area contributed by atoms with Gasteiger partial charge in [-0.15, -0.1) is 0 Å². The van der Waals surface area contributed by atoms with E-state index in [0.29, 0.717) is 36.7 Å². The smallest absolute Gasteiger partial charge is 0.287 e. The zero-order chi connectivity index (χ0) is 15.9. The van der Waals surface area contributed by atoms with Gasteiger partial charge >= 0.3 is 0 Å². The monoisotopic (exact) mass is 303 g/mol. The number of pyridine rings is 1. The Labute approximate surface area is 127 Å². The Morgan fingerprint density at radius 2 is 2.09 bits per heavy atom. The number of nitro groups is 1. The summed E-state index contributed by atoms with van der Waals surface area (Å²) >= 11 is 0. The Bertz CT molecular complexity index is 625. The number of aromatic nitrogens is 1. The maximum absolute atomic E-state index is 10.5. The summed E-state index contributed by atoms with van der Waals surface area (Å²) in [6.45, 7) is 1.65. The first-order chi connectivity index (χ1) is 10.6. The second kappa shape index (κ2) is 7.23. The third-order valence-corrected chi connectivity index (χ3v) is 3.06. The van der Waals surface area contributed by atoms with Crippen LogP contribution in [-0.2, 0) is 6.54 Å². The van der Waals surface area contributed by atoms with Crippen LogP contribution in [0.4, 0.5) is 17.2 Å². The van der Waals surface area contributed by atoms with Crippen LogP contribution in [0.15, 0.2) is 36.5 Å². The molecule has 0 saturated carbocycles. The quantitative estimate of drug-likeness (QED) is 0.264. The van der Waals surface area contributed by atoms with Gasteiger partial charge in [-0.1, -0.05) is 6.07 Å². The second-order valence-electron chi connectivity index (χ2n) is 4.61. The largest absolute Gasteiger partial charge is 0.508 e. The van der Waals surface area contributed by atoms with E-state index in [1.165, 1.54) is 12.3 Å². The fourth-order valence-electron chi connectivity index (χ4n) is 1.88. The van der Waals surface area contributed by atoms with Gasteiger partial charge in [0.1, 0.15) is 17.8 Å². The number of nitrogens with zero attached hydrogens (tertiary/aromatic N) is 2. The molecule has 22 heavy (non-hydrogen) atoms. The second-order valence-corrected chi connectivity index (χ2v) is 4.61. The van der Waals surface area contributed by atoms with Gasteiger partial charge in [-0.05, 0) is 18.2 Å². The molecule has 1 heterocycles. The summed E-state index contributed by atoms with van der Waals surface area (Å²) < 4.78 is 0. The molecule has 0 aliphatic carbocycles. The van der Waals surface area contributed by atoms with E-state index in [1.807, 2.05) is 0 Å². The van der Waals surface area contributed by atoms with Crippen molar-refractivity contribution in [1.29, 1.82) is 0 Å². The predicted octanol–water partition coefficient (Wildman–Crippen LogP) is 1.48. The maximum Gasteiger partial charge on any atom is 0.287 e. The lowest BCUT2D eigenvalue weighted by Gasteiger charge is -2.10. The van der Waals surface area contributed by atoms with Crippen molar-refractivity contribution in [2.45, 2.75) is 6.54 Å². The summed E-state index contributed by atoms with van der Waals surface area (Å²) in [7, 11) is 0. The van der Waals surface area contributed by atoms with Crippen LogP contribution in [0.1, 0.15) is 5.56 Å².